The van der Waals surface area contributed by atoms with E-state index >= 15 is 0 Å². The summed E-state index contributed by atoms with van der Waals surface area (Å²) in [5.41, 5.74) is 5.00. The van der Waals surface area contributed by atoms with Crippen LogP contribution in [0.4, 0.5) is 5.69 Å². The number of sulfonamides is 1. The molecule has 0 atom stereocenters. The van der Waals surface area contributed by atoms with Crippen LogP contribution < -0.4 is 9.62 Å². The van der Waals surface area contributed by atoms with Crippen LogP contribution >= 0.6 is 0 Å². The molecule has 1 N–H and O–H groups in total. The number of rotatable bonds is 7. The number of aromatic nitrogens is 1. The number of fused-ring (bicyclic) bond motifs is 1. The van der Waals surface area contributed by atoms with Gasteiger partial charge in [0.25, 0.3) is 10.0 Å². The number of hydrogen-bond acceptors (Lipinski definition) is 4. The standard InChI is InChI=1S/C27H27N3O3S/c1-19-9-12-24(13-10-19)34(32,33)30(26-8-4-6-20(2)21(26)3)18-27(31)29-17-22-11-14-25-23(16-22)7-5-15-28-25/h4-16H,17-18H2,1-3H3,(H,29,31). The minimum Gasteiger partial charge on any atom is -0.350 e. The molecule has 0 fully saturated rings. The first-order valence-electron chi connectivity index (χ1n) is 11.0. The molecule has 4 rings (SSSR count). The summed E-state index contributed by atoms with van der Waals surface area (Å²) in [6.07, 6.45) is 1.74. The summed E-state index contributed by atoms with van der Waals surface area (Å²) in [5.74, 6) is -0.386. The van der Waals surface area contributed by atoms with Crippen LogP contribution in [0.3, 0.4) is 0 Å². The molecular formula is C27H27N3O3S. The highest BCUT2D eigenvalue weighted by Gasteiger charge is 2.28. The normalized spacial score (nSPS) is 11.4. The van der Waals surface area contributed by atoms with Crippen molar-refractivity contribution in [3.63, 3.8) is 0 Å². The maximum Gasteiger partial charge on any atom is 0.264 e. The van der Waals surface area contributed by atoms with Crippen LogP contribution in [0.1, 0.15) is 22.3 Å². The fourth-order valence-corrected chi connectivity index (χ4v) is 5.24. The van der Waals surface area contributed by atoms with Gasteiger partial charge in [-0.2, -0.15) is 0 Å². The third kappa shape index (κ3) is 4.94. The number of anilines is 1. The fraction of sp³-hybridized carbons (Fsp3) is 0.185. The average Bonchev–Trinajstić information content (AvgIpc) is 2.83. The smallest absolute Gasteiger partial charge is 0.264 e. The first-order valence-corrected chi connectivity index (χ1v) is 12.5. The van der Waals surface area contributed by atoms with Crippen LogP contribution in [0, 0.1) is 20.8 Å². The quantitative estimate of drug-likeness (QED) is 0.423. The highest BCUT2D eigenvalue weighted by molar-refractivity contribution is 7.92. The monoisotopic (exact) mass is 473 g/mol. The van der Waals surface area contributed by atoms with Crippen LogP contribution in [-0.2, 0) is 21.4 Å². The second-order valence-corrected chi connectivity index (χ2v) is 10.2. The van der Waals surface area contributed by atoms with E-state index in [1.165, 1.54) is 4.31 Å². The molecule has 1 amide bonds. The molecule has 1 aromatic heterocycles. The van der Waals surface area contributed by atoms with Gasteiger partial charge in [0.05, 0.1) is 16.1 Å². The zero-order valence-electron chi connectivity index (χ0n) is 19.4. The topological polar surface area (TPSA) is 79.4 Å². The van der Waals surface area contributed by atoms with Crippen LogP contribution in [0.2, 0.25) is 0 Å². The molecule has 0 aliphatic rings. The number of aryl methyl sites for hydroxylation is 2. The van der Waals surface area contributed by atoms with Gasteiger partial charge in [-0.15, -0.1) is 0 Å². The molecule has 0 bridgehead atoms. The molecule has 6 nitrogen and oxygen atoms in total. The molecule has 0 aliphatic carbocycles. The minimum atomic E-state index is -3.95. The van der Waals surface area contributed by atoms with E-state index in [4.69, 9.17) is 0 Å². The molecule has 0 radical (unpaired) electrons. The lowest BCUT2D eigenvalue weighted by Crippen LogP contribution is -2.41. The molecule has 3 aromatic carbocycles. The third-order valence-electron chi connectivity index (χ3n) is 5.90. The Balaban J connectivity index is 1.60. The zero-order valence-corrected chi connectivity index (χ0v) is 20.3. The number of carbonyl (C=O) groups excluding carboxylic acids is 1. The van der Waals surface area contributed by atoms with E-state index < -0.39 is 10.0 Å². The molecule has 34 heavy (non-hydrogen) atoms. The number of amides is 1. The Morgan fingerprint density at radius 2 is 1.71 bits per heavy atom. The van der Waals surface area contributed by atoms with Gasteiger partial charge in [0.2, 0.25) is 5.91 Å². The molecule has 0 aliphatic heterocycles. The van der Waals surface area contributed by atoms with E-state index in [0.29, 0.717) is 5.69 Å². The fourth-order valence-electron chi connectivity index (χ4n) is 3.76. The van der Waals surface area contributed by atoms with Gasteiger partial charge in [-0.1, -0.05) is 42.0 Å². The van der Waals surface area contributed by atoms with Crippen LogP contribution in [0.5, 0.6) is 0 Å². The molecule has 4 aromatic rings. The molecule has 174 valence electrons. The first-order chi connectivity index (χ1) is 16.3. The van der Waals surface area contributed by atoms with Gasteiger partial charge in [0, 0.05) is 18.1 Å². The molecule has 0 spiro atoms. The summed E-state index contributed by atoms with van der Waals surface area (Å²) in [6, 6.07) is 21.7. The lowest BCUT2D eigenvalue weighted by molar-refractivity contribution is -0.119. The van der Waals surface area contributed by atoms with Crippen molar-refractivity contribution in [2.24, 2.45) is 0 Å². The van der Waals surface area contributed by atoms with Crippen molar-refractivity contribution >= 4 is 32.5 Å². The SMILES string of the molecule is Cc1ccc(S(=O)(=O)N(CC(=O)NCc2ccc3ncccc3c2)c2cccc(C)c2C)cc1. The lowest BCUT2D eigenvalue weighted by atomic mass is 10.1. The van der Waals surface area contributed by atoms with Gasteiger partial charge in [0.1, 0.15) is 6.54 Å². The lowest BCUT2D eigenvalue weighted by Gasteiger charge is -2.26. The Labute approximate surface area is 200 Å². The average molecular weight is 474 g/mol. The Morgan fingerprint density at radius 3 is 2.47 bits per heavy atom. The number of hydrogen-bond donors (Lipinski definition) is 1. The number of nitrogens with zero attached hydrogens (tertiary/aromatic N) is 2. The van der Waals surface area contributed by atoms with E-state index in [-0.39, 0.29) is 23.9 Å². The van der Waals surface area contributed by atoms with Crippen molar-refractivity contribution in [1.29, 1.82) is 0 Å². The van der Waals surface area contributed by atoms with Crippen molar-refractivity contribution in [3.05, 3.63) is 101 Å². The number of pyridine rings is 1. The Bertz CT molecular complexity index is 1450. The second-order valence-electron chi connectivity index (χ2n) is 8.35. The maximum absolute atomic E-state index is 13.6. The van der Waals surface area contributed by atoms with Crippen molar-refractivity contribution < 1.29 is 13.2 Å². The molecule has 1 heterocycles. The van der Waals surface area contributed by atoms with E-state index in [9.17, 15) is 13.2 Å². The molecule has 0 saturated carbocycles. The summed E-state index contributed by atoms with van der Waals surface area (Å²) in [5, 5.41) is 3.85. The van der Waals surface area contributed by atoms with E-state index in [0.717, 1.165) is 33.2 Å². The summed E-state index contributed by atoms with van der Waals surface area (Å²) in [4.78, 5) is 17.4. The van der Waals surface area contributed by atoms with Crippen molar-refractivity contribution in [2.75, 3.05) is 10.8 Å². The number of carbonyl (C=O) groups is 1. The molecule has 0 unspecified atom stereocenters. The van der Waals surface area contributed by atoms with Gasteiger partial charge >= 0.3 is 0 Å². The first kappa shape index (κ1) is 23.4. The molecule has 0 saturated heterocycles. The van der Waals surface area contributed by atoms with Crippen molar-refractivity contribution in [2.45, 2.75) is 32.2 Å². The maximum atomic E-state index is 13.6. The van der Waals surface area contributed by atoms with Crippen LogP contribution in [0.25, 0.3) is 10.9 Å². The summed E-state index contributed by atoms with van der Waals surface area (Å²) in [7, 11) is -3.95. The van der Waals surface area contributed by atoms with Crippen molar-refractivity contribution in [1.82, 2.24) is 10.3 Å². The second kappa shape index (κ2) is 9.65. The van der Waals surface area contributed by atoms with Gasteiger partial charge < -0.3 is 5.32 Å². The highest BCUT2D eigenvalue weighted by Crippen LogP contribution is 2.28. The summed E-state index contributed by atoms with van der Waals surface area (Å²) < 4.78 is 28.4. The van der Waals surface area contributed by atoms with Gasteiger partial charge in [-0.25, -0.2) is 8.42 Å². The predicted octanol–water partition coefficient (Wildman–Crippen LogP) is 4.67. The van der Waals surface area contributed by atoms with Gasteiger partial charge in [-0.3, -0.25) is 14.1 Å². The Kier molecular flexibility index (Phi) is 6.65. The minimum absolute atomic E-state index is 0.147. The molecular weight excluding hydrogens is 446 g/mol. The van der Waals surface area contributed by atoms with E-state index in [1.807, 2.05) is 57.2 Å². The Hall–Kier alpha value is -3.71. The van der Waals surface area contributed by atoms with Gasteiger partial charge in [0.15, 0.2) is 0 Å². The van der Waals surface area contributed by atoms with E-state index in [1.54, 1.807) is 42.6 Å². The predicted molar refractivity (Wildman–Crippen MR) is 135 cm³/mol. The molecule has 7 heteroatoms. The zero-order chi connectivity index (χ0) is 24.3. The highest BCUT2D eigenvalue weighted by atomic mass is 32.2. The third-order valence-corrected chi connectivity index (χ3v) is 7.67. The van der Waals surface area contributed by atoms with Crippen LogP contribution in [-0.4, -0.2) is 25.9 Å². The van der Waals surface area contributed by atoms with Gasteiger partial charge in [-0.05, 0) is 73.9 Å². The largest absolute Gasteiger partial charge is 0.350 e. The summed E-state index contributed by atoms with van der Waals surface area (Å²) >= 11 is 0. The Morgan fingerprint density at radius 1 is 0.941 bits per heavy atom. The van der Waals surface area contributed by atoms with Crippen LogP contribution in [0.15, 0.2) is 83.9 Å². The van der Waals surface area contributed by atoms with Crippen molar-refractivity contribution in [3.8, 4) is 0 Å². The number of nitrogens with one attached hydrogen (secondary N) is 1. The van der Waals surface area contributed by atoms with E-state index in [2.05, 4.69) is 10.3 Å². The summed E-state index contributed by atoms with van der Waals surface area (Å²) in [6.45, 7) is 5.65. The number of benzene rings is 3.